The molecule has 0 amide bonds. The number of anilines is 1. The zero-order valence-corrected chi connectivity index (χ0v) is 13.7. The molecule has 0 radical (unpaired) electrons. The molecule has 2 aromatic carbocycles. The molecule has 3 nitrogen and oxygen atoms in total. The monoisotopic (exact) mass is 373 g/mol. The highest BCUT2D eigenvalue weighted by Crippen LogP contribution is 2.21. The Morgan fingerprint density at radius 3 is 2.55 bits per heavy atom. The van der Waals surface area contributed by atoms with Gasteiger partial charge >= 0.3 is 0 Å². The van der Waals surface area contributed by atoms with Gasteiger partial charge in [-0.15, -0.1) is 0 Å². The lowest BCUT2D eigenvalue weighted by atomic mass is 10.3. The van der Waals surface area contributed by atoms with E-state index in [1.54, 1.807) is 18.2 Å². The van der Waals surface area contributed by atoms with E-state index < -0.39 is 10.8 Å². The molecule has 0 heterocycles. The molecular weight excluding hydrogens is 362 g/mol. The Labute approximate surface area is 133 Å². The summed E-state index contributed by atoms with van der Waals surface area (Å²) in [7, 11) is -1.20. The molecule has 1 atom stereocenters. The maximum absolute atomic E-state index is 12.1. The molecule has 2 N–H and O–H groups in total. The first-order valence-electron chi connectivity index (χ1n) is 5.88. The lowest BCUT2D eigenvalue weighted by Crippen LogP contribution is -2.10. The molecule has 0 aliphatic rings. The van der Waals surface area contributed by atoms with Crippen LogP contribution in [0.25, 0.3) is 0 Å². The molecule has 1 unspecified atom stereocenters. The number of hydrogen-bond donors (Lipinski definition) is 1. The zero-order chi connectivity index (χ0) is 14.5. The molecule has 0 bridgehead atoms. The molecule has 2 aromatic rings. The van der Waals surface area contributed by atoms with Gasteiger partial charge in [-0.3, -0.25) is 4.21 Å². The van der Waals surface area contributed by atoms with E-state index in [0.29, 0.717) is 28.0 Å². The van der Waals surface area contributed by atoms with Gasteiger partial charge < -0.3 is 10.5 Å². The third-order valence-corrected chi connectivity index (χ3v) is 4.73. The van der Waals surface area contributed by atoms with Crippen LogP contribution in [-0.2, 0) is 10.8 Å². The number of nitrogen functional groups attached to an aromatic ring is 1. The van der Waals surface area contributed by atoms with Crippen molar-refractivity contribution in [2.75, 3.05) is 18.1 Å². The van der Waals surface area contributed by atoms with Crippen LogP contribution in [0.3, 0.4) is 0 Å². The predicted molar refractivity (Wildman–Crippen MR) is 86.8 cm³/mol. The number of benzene rings is 2. The fourth-order valence-electron chi connectivity index (χ4n) is 1.60. The van der Waals surface area contributed by atoms with Crippen molar-refractivity contribution in [3.63, 3.8) is 0 Å². The highest BCUT2D eigenvalue weighted by Gasteiger charge is 2.08. The van der Waals surface area contributed by atoms with Crippen molar-refractivity contribution in [3.05, 3.63) is 52.0 Å². The van der Waals surface area contributed by atoms with E-state index in [-0.39, 0.29) is 0 Å². The summed E-state index contributed by atoms with van der Waals surface area (Å²) in [6.45, 7) is 0.357. The van der Waals surface area contributed by atoms with E-state index in [2.05, 4.69) is 15.9 Å². The fourth-order valence-corrected chi connectivity index (χ4v) is 3.04. The minimum Gasteiger partial charge on any atom is -0.493 e. The summed E-state index contributed by atoms with van der Waals surface area (Å²) in [5, 5.41) is 0.536. The first-order valence-corrected chi connectivity index (χ1v) is 8.37. The largest absolute Gasteiger partial charge is 0.493 e. The van der Waals surface area contributed by atoms with E-state index in [0.717, 1.165) is 10.2 Å². The van der Waals surface area contributed by atoms with Gasteiger partial charge in [-0.25, -0.2) is 0 Å². The quantitative estimate of drug-likeness (QED) is 0.808. The van der Waals surface area contributed by atoms with Crippen LogP contribution in [0.15, 0.2) is 51.8 Å². The minimum atomic E-state index is -1.20. The molecule has 0 aromatic heterocycles. The number of ether oxygens (including phenoxy) is 1. The molecule has 0 saturated heterocycles. The number of rotatable bonds is 5. The summed E-state index contributed by atoms with van der Waals surface area (Å²) in [6.07, 6.45) is 0. The van der Waals surface area contributed by atoms with Crippen molar-refractivity contribution < 1.29 is 8.95 Å². The standard InChI is InChI=1S/C14H13BrClNO2S/c15-10-1-4-12(5-2-10)19-7-8-20(18)14-6-3-11(16)9-13(14)17/h1-6,9H,7-8,17H2. The van der Waals surface area contributed by atoms with Crippen LogP contribution >= 0.6 is 27.5 Å². The van der Waals surface area contributed by atoms with Gasteiger partial charge in [-0.2, -0.15) is 0 Å². The first-order chi connectivity index (χ1) is 9.56. The highest BCUT2D eigenvalue weighted by molar-refractivity contribution is 9.10. The average Bonchev–Trinajstić information content (AvgIpc) is 2.41. The Morgan fingerprint density at radius 2 is 1.90 bits per heavy atom. The van der Waals surface area contributed by atoms with Crippen molar-refractivity contribution in [2.24, 2.45) is 0 Å². The maximum Gasteiger partial charge on any atom is 0.119 e. The predicted octanol–water partition coefficient (Wildman–Crippen LogP) is 3.87. The molecule has 2 rings (SSSR count). The number of halogens is 2. The molecule has 6 heteroatoms. The van der Waals surface area contributed by atoms with Crippen LogP contribution in [0.2, 0.25) is 5.02 Å². The smallest absolute Gasteiger partial charge is 0.119 e. The van der Waals surface area contributed by atoms with Gasteiger partial charge in [0.2, 0.25) is 0 Å². The van der Waals surface area contributed by atoms with Gasteiger partial charge in [0.15, 0.2) is 0 Å². The van der Waals surface area contributed by atoms with Crippen molar-refractivity contribution in [1.82, 2.24) is 0 Å². The summed E-state index contributed by atoms with van der Waals surface area (Å²) in [4.78, 5) is 0.591. The van der Waals surface area contributed by atoms with E-state index >= 15 is 0 Å². The summed E-state index contributed by atoms with van der Waals surface area (Å²) >= 11 is 9.16. The van der Waals surface area contributed by atoms with Gasteiger partial charge in [-0.1, -0.05) is 27.5 Å². The molecule has 0 saturated carbocycles. The van der Waals surface area contributed by atoms with Crippen molar-refractivity contribution in [3.8, 4) is 5.75 Å². The van der Waals surface area contributed by atoms with E-state index in [1.165, 1.54) is 0 Å². The summed E-state index contributed by atoms with van der Waals surface area (Å²) in [6, 6.07) is 12.5. The van der Waals surface area contributed by atoms with E-state index in [1.807, 2.05) is 24.3 Å². The van der Waals surface area contributed by atoms with Crippen molar-refractivity contribution in [1.29, 1.82) is 0 Å². The lowest BCUT2D eigenvalue weighted by molar-refractivity contribution is 0.342. The van der Waals surface area contributed by atoms with Crippen molar-refractivity contribution in [2.45, 2.75) is 4.90 Å². The molecule has 20 heavy (non-hydrogen) atoms. The Hall–Kier alpha value is -1.04. The van der Waals surface area contributed by atoms with Gasteiger partial charge in [0.25, 0.3) is 0 Å². The molecule has 0 aliphatic carbocycles. The third-order valence-electron chi connectivity index (χ3n) is 2.57. The number of hydrogen-bond acceptors (Lipinski definition) is 3. The maximum atomic E-state index is 12.1. The van der Waals surface area contributed by atoms with Crippen LogP contribution in [0, 0.1) is 0 Å². The minimum absolute atomic E-state index is 0.357. The fraction of sp³-hybridized carbons (Fsp3) is 0.143. The Morgan fingerprint density at radius 1 is 1.20 bits per heavy atom. The van der Waals surface area contributed by atoms with E-state index in [9.17, 15) is 4.21 Å². The molecule has 0 fully saturated rings. The topological polar surface area (TPSA) is 52.3 Å². The SMILES string of the molecule is Nc1cc(Cl)ccc1S(=O)CCOc1ccc(Br)cc1. The molecule has 0 aliphatic heterocycles. The lowest BCUT2D eigenvalue weighted by Gasteiger charge is -2.08. The van der Waals surface area contributed by atoms with Crippen LogP contribution in [0.1, 0.15) is 0 Å². The van der Waals surface area contributed by atoms with Gasteiger partial charge in [0.1, 0.15) is 12.4 Å². The summed E-state index contributed by atoms with van der Waals surface area (Å²) in [5.74, 6) is 1.12. The third kappa shape index (κ3) is 4.23. The molecule has 0 spiro atoms. The second-order valence-corrected chi connectivity index (χ2v) is 6.93. The second kappa shape index (κ2) is 7.11. The summed E-state index contributed by atoms with van der Waals surface area (Å²) in [5.41, 5.74) is 6.24. The zero-order valence-electron chi connectivity index (χ0n) is 10.5. The van der Waals surface area contributed by atoms with Gasteiger partial charge in [-0.05, 0) is 42.5 Å². The molecular formula is C14H13BrClNO2S. The van der Waals surface area contributed by atoms with Crippen LogP contribution < -0.4 is 10.5 Å². The Bertz CT molecular complexity index is 619. The Kier molecular flexibility index (Phi) is 5.46. The average molecular weight is 375 g/mol. The van der Waals surface area contributed by atoms with Gasteiger partial charge in [0.05, 0.1) is 21.4 Å². The van der Waals surface area contributed by atoms with Gasteiger partial charge in [0, 0.05) is 15.2 Å². The van der Waals surface area contributed by atoms with Crippen molar-refractivity contribution >= 4 is 44.0 Å². The number of nitrogens with two attached hydrogens (primary N) is 1. The highest BCUT2D eigenvalue weighted by atomic mass is 79.9. The first kappa shape index (κ1) is 15.4. The van der Waals surface area contributed by atoms with Crippen LogP contribution in [0.5, 0.6) is 5.75 Å². The van der Waals surface area contributed by atoms with Crippen LogP contribution in [0.4, 0.5) is 5.69 Å². The Balaban J connectivity index is 1.90. The second-order valence-electron chi connectivity index (χ2n) is 4.03. The van der Waals surface area contributed by atoms with Crippen LogP contribution in [-0.4, -0.2) is 16.6 Å². The van der Waals surface area contributed by atoms with E-state index in [4.69, 9.17) is 22.1 Å². The normalized spacial score (nSPS) is 12.1. The summed E-state index contributed by atoms with van der Waals surface area (Å²) < 4.78 is 18.6. The molecule has 106 valence electrons.